The van der Waals surface area contributed by atoms with Crippen LogP contribution in [0.3, 0.4) is 0 Å². The van der Waals surface area contributed by atoms with Crippen molar-refractivity contribution in [1.82, 2.24) is 0 Å². The second kappa shape index (κ2) is 5.93. The number of unbranched alkanes of at least 4 members (excludes halogenated alkanes) is 1. The van der Waals surface area contributed by atoms with E-state index in [2.05, 4.69) is 20.7 Å². The predicted molar refractivity (Wildman–Crippen MR) is 45.4 cm³/mol. The Bertz CT molecular complexity index is 177. The first-order valence-electron chi connectivity index (χ1n) is 3.15. The zero-order chi connectivity index (χ0) is 8.74. The highest BCUT2D eigenvalue weighted by Gasteiger charge is 2.02. The van der Waals surface area contributed by atoms with Gasteiger partial charge in [-0.2, -0.15) is 8.42 Å². The summed E-state index contributed by atoms with van der Waals surface area (Å²) < 4.78 is 33.0. The van der Waals surface area contributed by atoms with Crippen molar-refractivity contribution in [1.29, 1.82) is 0 Å². The summed E-state index contributed by atoms with van der Waals surface area (Å²) in [5.74, 6) is -0.602. The van der Waals surface area contributed by atoms with Crippen molar-refractivity contribution < 1.29 is 17.7 Å². The fourth-order valence-corrected chi connectivity index (χ4v) is 1.19. The highest BCUT2D eigenvalue weighted by Crippen LogP contribution is 1.95. The molecule has 0 bridgehead atoms. The standard InChI is InChI=1S/C5H11BrO4S/c6-3-1-2-4-10-5-11(7,8)9/h1-5H2,(H,7,8,9). The molecular formula is C5H11BrO4S. The van der Waals surface area contributed by atoms with Crippen LogP contribution in [0.15, 0.2) is 0 Å². The minimum absolute atomic E-state index is 0.366. The van der Waals surface area contributed by atoms with Crippen LogP contribution < -0.4 is 0 Å². The Labute approximate surface area is 74.8 Å². The van der Waals surface area contributed by atoms with Crippen molar-refractivity contribution in [2.24, 2.45) is 0 Å². The molecule has 0 spiro atoms. The van der Waals surface area contributed by atoms with E-state index in [0.717, 1.165) is 18.2 Å². The molecule has 0 radical (unpaired) electrons. The minimum atomic E-state index is -3.95. The average Bonchev–Trinajstić information content (AvgIpc) is 1.85. The fourth-order valence-electron chi connectivity index (χ4n) is 0.463. The summed E-state index contributed by atoms with van der Waals surface area (Å²) in [4.78, 5) is 0. The van der Waals surface area contributed by atoms with E-state index in [1.807, 2.05) is 0 Å². The third-order valence-electron chi connectivity index (χ3n) is 0.905. The number of rotatable bonds is 6. The molecule has 68 valence electrons. The Hall–Kier alpha value is 0.350. The Morgan fingerprint density at radius 3 is 2.45 bits per heavy atom. The molecule has 11 heavy (non-hydrogen) atoms. The van der Waals surface area contributed by atoms with Gasteiger partial charge in [0.15, 0.2) is 5.94 Å². The topological polar surface area (TPSA) is 63.6 Å². The van der Waals surface area contributed by atoms with Gasteiger partial charge in [0.05, 0.1) is 0 Å². The summed E-state index contributed by atoms with van der Waals surface area (Å²) in [5.41, 5.74) is 0. The number of halogens is 1. The first kappa shape index (κ1) is 11.4. The summed E-state index contributed by atoms with van der Waals surface area (Å²) >= 11 is 3.22. The van der Waals surface area contributed by atoms with E-state index in [0.29, 0.717) is 6.61 Å². The largest absolute Gasteiger partial charge is 0.363 e. The molecule has 0 aromatic heterocycles. The SMILES string of the molecule is O=S(=O)(O)COCCCCBr. The highest BCUT2D eigenvalue weighted by atomic mass is 79.9. The van der Waals surface area contributed by atoms with Gasteiger partial charge in [0.25, 0.3) is 10.1 Å². The van der Waals surface area contributed by atoms with Gasteiger partial charge in [-0.1, -0.05) is 15.9 Å². The summed E-state index contributed by atoms with van der Waals surface area (Å²) in [6, 6.07) is 0. The smallest absolute Gasteiger partial charge is 0.289 e. The van der Waals surface area contributed by atoms with Crippen LogP contribution in [0.1, 0.15) is 12.8 Å². The molecule has 0 atom stereocenters. The molecule has 0 unspecified atom stereocenters. The van der Waals surface area contributed by atoms with E-state index in [1.165, 1.54) is 0 Å². The van der Waals surface area contributed by atoms with Crippen molar-refractivity contribution in [3.63, 3.8) is 0 Å². The van der Waals surface area contributed by atoms with Gasteiger partial charge >= 0.3 is 0 Å². The lowest BCUT2D eigenvalue weighted by Crippen LogP contribution is -2.08. The number of hydrogen-bond acceptors (Lipinski definition) is 3. The molecule has 0 fully saturated rings. The van der Waals surface area contributed by atoms with Crippen LogP contribution in [0.25, 0.3) is 0 Å². The summed E-state index contributed by atoms with van der Waals surface area (Å²) in [6.07, 6.45) is 1.73. The lowest BCUT2D eigenvalue weighted by Gasteiger charge is -1.99. The van der Waals surface area contributed by atoms with Crippen molar-refractivity contribution in [2.45, 2.75) is 12.8 Å². The first-order chi connectivity index (χ1) is 5.06. The van der Waals surface area contributed by atoms with Crippen molar-refractivity contribution in [3.05, 3.63) is 0 Å². The molecular weight excluding hydrogens is 236 g/mol. The van der Waals surface area contributed by atoms with E-state index in [1.54, 1.807) is 0 Å². The van der Waals surface area contributed by atoms with E-state index in [-0.39, 0.29) is 0 Å². The molecule has 6 heteroatoms. The van der Waals surface area contributed by atoms with E-state index in [4.69, 9.17) is 4.55 Å². The number of hydrogen-bond donors (Lipinski definition) is 1. The summed E-state index contributed by atoms with van der Waals surface area (Å²) in [7, 11) is -3.95. The Morgan fingerprint density at radius 2 is 2.00 bits per heavy atom. The molecule has 4 nitrogen and oxygen atoms in total. The van der Waals surface area contributed by atoms with Crippen LogP contribution in [0.2, 0.25) is 0 Å². The molecule has 0 saturated carbocycles. The summed E-state index contributed by atoms with van der Waals surface area (Å²) in [5, 5.41) is 0.877. The van der Waals surface area contributed by atoms with Gasteiger partial charge in [-0.15, -0.1) is 0 Å². The van der Waals surface area contributed by atoms with Crippen LogP contribution in [0, 0.1) is 0 Å². The van der Waals surface area contributed by atoms with Crippen LogP contribution in [-0.2, 0) is 14.9 Å². The Balaban J connectivity index is 3.16. The van der Waals surface area contributed by atoms with E-state index >= 15 is 0 Å². The van der Waals surface area contributed by atoms with Gasteiger partial charge < -0.3 is 4.74 Å². The molecule has 0 amide bonds. The maximum atomic E-state index is 10.1. The second-order valence-electron chi connectivity index (χ2n) is 2.00. The van der Waals surface area contributed by atoms with Gasteiger partial charge in [0, 0.05) is 11.9 Å². The normalized spacial score (nSPS) is 11.8. The average molecular weight is 247 g/mol. The Kier molecular flexibility index (Phi) is 6.12. The molecule has 0 rings (SSSR count). The van der Waals surface area contributed by atoms with Crippen LogP contribution in [0.5, 0.6) is 0 Å². The first-order valence-corrected chi connectivity index (χ1v) is 5.88. The van der Waals surface area contributed by atoms with Crippen LogP contribution in [0.4, 0.5) is 0 Å². The maximum Gasteiger partial charge on any atom is 0.289 e. The third kappa shape index (κ3) is 10.4. The predicted octanol–water partition coefficient (Wildman–Crippen LogP) is 1.02. The fraction of sp³-hybridized carbons (Fsp3) is 1.00. The Morgan fingerprint density at radius 1 is 1.36 bits per heavy atom. The summed E-state index contributed by atoms with van der Waals surface area (Å²) in [6.45, 7) is 0.366. The second-order valence-corrected chi connectivity index (χ2v) is 4.20. The zero-order valence-electron chi connectivity index (χ0n) is 5.99. The molecule has 0 aliphatic heterocycles. The molecule has 0 aromatic rings. The molecule has 0 saturated heterocycles. The van der Waals surface area contributed by atoms with Crippen molar-refractivity contribution in [3.8, 4) is 0 Å². The molecule has 0 aliphatic rings. The van der Waals surface area contributed by atoms with Gasteiger partial charge in [0.1, 0.15) is 0 Å². The lowest BCUT2D eigenvalue weighted by atomic mass is 10.4. The third-order valence-corrected chi connectivity index (χ3v) is 1.93. The van der Waals surface area contributed by atoms with Crippen molar-refractivity contribution >= 4 is 26.0 Å². The molecule has 0 heterocycles. The maximum absolute atomic E-state index is 10.1. The van der Waals surface area contributed by atoms with Gasteiger partial charge in [0.2, 0.25) is 0 Å². The molecule has 0 aromatic carbocycles. The van der Waals surface area contributed by atoms with Crippen LogP contribution in [-0.4, -0.2) is 30.8 Å². The van der Waals surface area contributed by atoms with Crippen molar-refractivity contribution in [2.75, 3.05) is 17.9 Å². The monoisotopic (exact) mass is 246 g/mol. The van der Waals surface area contributed by atoms with E-state index < -0.39 is 16.1 Å². The minimum Gasteiger partial charge on any atom is -0.363 e. The van der Waals surface area contributed by atoms with E-state index in [9.17, 15) is 8.42 Å². The zero-order valence-corrected chi connectivity index (χ0v) is 8.40. The van der Waals surface area contributed by atoms with Gasteiger partial charge in [-0.3, -0.25) is 4.55 Å². The molecule has 1 N–H and O–H groups in total. The van der Waals surface area contributed by atoms with Gasteiger partial charge in [-0.25, -0.2) is 0 Å². The van der Waals surface area contributed by atoms with Gasteiger partial charge in [-0.05, 0) is 12.8 Å². The quantitative estimate of drug-likeness (QED) is 0.432. The van der Waals surface area contributed by atoms with Crippen LogP contribution >= 0.6 is 15.9 Å². The lowest BCUT2D eigenvalue weighted by molar-refractivity contribution is 0.167. The molecule has 0 aliphatic carbocycles. The number of alkyl halides is 1. The number of ether oxygens (including phenoxy) is 1. The highest BCUT2D eigenvalue weighted by molar-refractivity contribution is 9.09.